The van der Waals surface area contributed by atoms with Crippen LogP contribution in [0.5, 0.6) is 0 Å². The van der Waals surface area contributed by atoms with Crippen molar-refractivity contribution in [1.29, 1.82) is 0 Å². The highest BCUT2D eigenvalue weighted by Gasteiger charge is 2.41. The van der Waals surface area contributed by atoms with Gasteiger partial charge in [0.05, 0.1) is 23.6 Å². The van der Waals surface area contributed by atoms with Gasteiger partial charge >= 0.3 is 11.9 Å². The lowest BCUT2D eigenvalue weighted by atomic mass is 10.2. The second-order valence-corrected chi connectivity index (χ2v) is 9.53. The summed E-state index contributed by atoms with van der Waals surface area (Å²) < 4.78 is 19.3. The lowest BCUT2D eigenvalue weighted by Gasteiger charge is -2.20. The lowest BCUT2D eigenvalue weighted by Crippen LogP contribution is -2.25. The van der Waals surface area contributed by atoms with Gasteiger partial charge in [-0.1, -0.05) is 54.6 Å². The van der Waals surface area contributed by atoms with E-state index in [-0.39, 0.29) is 24.8 Å². The van der Waals surface area contributed by atoms with Gasteiger partial charge in [-0.2, -0.15) is 0 Å². The molecule has 0 radical (unpaired) electrons. The van der Waals surface area contributed by atoms with Crippen LogP contribution in [-0.2, 0) is 14.2 Å². The molecule has 5 aromatic rings. The van der Waals surface area contributed by atoms with Gasteiger partial charge in [0.2, 0.25) is 0 Å². The summed E-state index contributed by atoms with van der Waals surface area (Å²) in [6.07, 6.45) is 0.883. The van der Waals surface area contributed by atoms with E-state index in [2.05, 4.69) is 20.3 Å². The van der Waals surface area contributed by atoms with Gasteiger partial charge in [0.1, 0.15) is 19.0 Å². The van der Waals surface area contributed by atoms with Gasteiger partial charge in [-0.25, -0.2) is 24.5 Å². The molecule has 0 unspecified atom stereocenters. The van der Waals surface area contributed by atoms with Gasteiger partial charge in [-0.15, -0.1) is 0 Å². The van der Waals surface area contributed by atoms with Crippen LogP contribution in [0.1, 0.15) is 43.7 Å². The predicted octanol–water partition coefficient (Wildman–Crippen LogP) is 4.45. The Morgan fingerprint density at radius 3 is 2.10 bits per heavy atom. The summed E-state index contributed by atoms with van der Waals surface area (Å²) >= 11 is 0. The maximum Gasteiger partial charge on any atom is 0.338 e. The normalized spacial score (nSPS) is 18.0. The molecule has 0 spiro atoms. The number of nitrogens with one attached hydrogen (secondary N) is 1. The number of ether oxygens (including phenoxy) is 3. The Labute approximate surface area is 240 Å². The summed E-state index contributed by atoms with van der Waals surface area (Å²) in [6, 6.07) is 26.0. The van der Waals surface area contributed by atoms with E-state index >= 15 is 0 Å². The number of carbonyl (C=O) groups is 3. The molecule has 0 saturated carbocycles. The van der Waals surface area contributed by atoms with Crippen LogP contribution in [-0.4, -0.2) is 56.2 Å². The molecule has 3 aromatic carbocycles. The molecule has 2 aromatic heterocycles. The van der Waals surface area contributed by atoms with Crippen molar-refractivity contribution in [1.82, 2.24) is 19.5 Å². The molecule has 1 fully saturated rings. The lowest BCUT2D eigenvalue weighted by molar-refractivity contribution is -0.0594. The summed E-state index contributed by atoms with van der Waals surface area (Å²) in [5.74, 6) is -1.14. The third-order valence-electron chi connectivity index (χ3n) is 6.72. The average molecular weight is 564 g/mol. The monoisotopic (exact) mass is 563 g/mol. The van der Waals surface area contributed by atoms with Crippen LogP contribution in [0.2, 0.25) is 0 Å². The number of fused-ring (bicyclic) bond motifs is 1. The zero-order valence-corrected chi connectivity index (χ0v) is 22.2. The molecule has 1 N–H and O–H groups in total. The summed E-state index contributed by atoms with van der Waals surface area (Å²) in [7, 11) is 0. The van der Waals surface area contributed by atoms with E-state index in [4.69, 9.17) is 14.2 Å². The van der Waals surface area contributed by atoms with Crippen LogP contribution in [0.25, 0.3) is 11.2 Å². The number of nitrogens with zero attached hydrogens (tertiary/aromatic N) is 4. The highest BCUT2D eigenvalue weighted by atomic mass is 16.6. The second-order valence-electron chi connectivity index (χ2n) is 9.53. The molecule has 1 aliphatic heterocycles. The number of imidazole rings is 1. The molecule has 11 nitrogen and oxygen atoms in total. The highest BCUT2D eigenvalue weighted by molar-refractivity contribution is 6.06. The van der Waals surface area contributed by atoms with Crippen molar-refractivity contribution < 1.29 is 28.6 Å². The van der Waals surface area contributed by atoms with Crippen molar-refractivity contribution in [2.24, 2.45) is 0 Å². The first-order valence-electron chi connectivity index (χ1n) is 13.2. The Bertz CT molecular complexity index is 1710. The molecule has 0 bridgehead atoms. The summed E-state index contributed by atoms with van der Waals surface area (Å²) in [5, 5.41) is 2.78. The number of benzene rings is 3. The van der Waals surface area contributed by atoms with Gasteiger partial charge in [0.25, 0.3) is 5.91 Å². The molecule has 1 amide bonds. The average Bonchev–Trinajstić information content (AvgIpc) is 3.65. The van der Waals surface area contributed by atoms with Gasteiger partial charge in [0, 0.05) is 12.0 Å². The molecular weight excluding hydrogens is 538 g/mol. The van der Waals surface area contributed by atoms with Gasteiger partial charge in [-0.05, 0) is 36.4 Å². The van der Waals surface area contributed by atoms with Crippen molar-refractivity contribution in [2.75, 3.05) is 11.9 Å². The van der Waals surface area contributed by atoms with E-state index in [0.29, 0.717) is 27.9 Å². The number of hydrogen-bond donors (Lipinski definition) is 1. The third-order valence-corrected chi connectivity index (χ3v) is 6.72. The number of rotatable bonds is 8. The standard InChI is InChI=1S/C31H25N5O6/c37-28(20-10-4-1-5-11-20)35-26-25-27(33-18-32-26)36(19-34-25)29-24(42-31(39)22-14-8-3-9-15-22)16-23(41-29)17-40-30(38)21-12-6-2-7-13-21/h1-15,18-19,23-24,29H,16-17H2,(H,32,33,35,37)/t23-,24-,29+/m0/s1. The maximum absolute atomic E-state index is 13.0. The summed E-state index contributed by atoms with van der Waals surface area (Å²) in [6.45, 7) is -0.0520. The minimum atomic E-state index is -0.837. The first kappa shape index (κ1) is 26.8. The number of carbonyl (C=O) groups excluding carboxylic acids is 3. The van der Waals surface area contributed by atoms with Crippen LogP contribution < -0.4 is 5.32 Å². The maximum atomic E-state index is 13.0. The molecular formula is C31H25N5O6. The Hall–Kier alpha value is -5.42. The predicted molar refractivity (Wildman–Crippen MR) is 151 cm³/mol. The molecule has 42 heavy (non-hydrogen) atoms. The van der Waals surface area contributed by atoms with Gasteiger partial charge in [-0.3, -0.25) is 9.36 Å². The van der Waals surface area contributed by atoms with Crippen molar-refractivity contribution in [2.45, 2.75) is 24.9 Å². The molecule has 0 aliphatic carbocycles. The molecule has 3 heterocycles. The van der Waals surface area contributed by atoms with E-state index < -0.39 is 30.4 Å². The first-order chi connectivity index (χ1) is 20.6. The van der Waals surface area contributed by atoms with E-state index in [0.717, 1.165) is 0 Å². The number of esters is 2. The van der Waals surface area contributed by atoms with E-state index in [1.807, 2.05) is 12.1 Å². The number of aromatic nitrogens is 4. The molecule has 3 atom stereocenters. The summed E-state index contributed by atoms with van der Waals surface area (Å²) in [5.41, 5.74) is 1.96. The Morgan fingerprint density at radius 2 is 1.43 bits per heavy atom. The molecule has 11 heteroatoms. The van der Waals surface area contributed by atoms with Gasteiger partial charge in [0.15, 0.2) is 23.2 Å². The molecule has 1 aliphatic rings. The smallest absolute Gasteiger partial charge is 0.338 e. The van der Waals surface area contributed by atoms with Crippen LogP contribution in [0.3, 0.4) is 0 Å². The van der Waals surface area contributed by atoms with E-state index in [1.165, 1.54) is 12.7 Å². The number of anilines is 1. The zero-order valence-electron chi connectivity index (χ0n) is 22.2. The molecule has 1 saturated heterocycles. The minimum Gasteiger partial charge on any atom is -0.459 e. The van der Waals surface area contributed by atoms with Crippen molar-refractivity contribution in [3.05, 3.63) is 120 Å². The van der Waals surface area contributed by atoms with Crippen LogP contribution in [0.15, 0.2) is 104 Å². The topological polar surface area (TPSA) is 135 Å². The minimum absolute atomic E-state index is 0.0520. The van der Waals surface area contributed by atoms with Crippen molar-refractivity contribution in [3.63, 3.8) is 0 Å². The van der Waals surface area contributed by atoms with Gasteiger partial charge < -0.3 is 19.5 Å². The summed E-state index contributed by atoms with van der Waals surface area (Å²) in [4.78, 5) is 51.3. The molecule has 6 rings (SSSR count). The first-order valence-corrected chi connectivity index (χ1v) is 13.2. The fraction of sp³-hybridized carbons (Fsp3) is 0.161. The quantitative estimate of drug-likeness (QED) is 0.272. The highest BCUT2D eigenvalue weighted by Crippen LogP contribution is 2.35. The number of hydrogen-bond acceptors (Lipinski definition) is 9. The Balaban J connectivity index is 1.25. The Kier molecular flexibility index (Phi) is 7.64. The molecule has 210 valence electrons. The van der Waals surface area contributed by atoms with Crippen LogP contribution in [0.4, 0.5) is 5.82 Å². The van der Waals surface area contributed by atoms with E-state index in [1.54, 1.807) is 83.4 Å². The SMILES string of the molecule is O=C(Nc1ncnc2c1ncn2[C@@H]1O[C@H](COC(=O)c2ccccc2)C[C@@H]1OC(=O)c1ccccc1)c1ccccc1. The number of amides is 1. The van der Waals surface area contributed by atoms with Crippen molar-refractivity contribution in [3.8, 4) is 0 Å². The van der Waals surface area contributed by atoms with E-state index in [9.17, 15) is 14.4 Å². The largest absolute Gasteiger partial charge is 0.459 e. The second kappa shape index (κ2) is 12.0. The zero-order chi connectivity index (χ0) is 28.9. The van der Waals surface area contributed by atoms with Crippen molar-refractivity contribution >= 4 is 34.8 Å². The van der Waals surface area contributed by atoms with Crippen LogP contribution >= 0.6 is 0 Å². The Morgan fingerprint density at radius 1 is 0.810 bits per heavy atom. The fourth-order valence-corrected chi connectivity index (χ4v) is 4.68. The van der Waals surface area contributed by atoms with Crippen LogP contribution in [0, 0.1) is 0 Å². The fourth-order valence-electron chi connectivity index (χ4n) is 4.68. The third kappa shape index (κ3) is 5.72.